The molecule has 0 saturated carbocycles. The molecule has 2 nitrogen and oxygen atoms in total. The maximum atomic E-state index is 2.37. The Hall–Kier alpha value is -2.61. The first-order chi connectivity index (χ1) is 11.6. The van der Waals surface area contributed by atoms with Crippen molar-refractivity contribution in [3.05, 3.63) is 84.4 Å². The number of hydrogen-bond donors (Lipinski definition) is 0. The zero-order valence-electron chi connectivity index (χ0n) is 14.5. The van der Waals surface area contributed by atoms with E-state index in [2.05, 4.69) is 109 Å². The third-order valence-electron chi connectivity index (χ3n) is 5.46. The Morgan fingerprint density at radius 1 is 1.12 bits per heavy atom. The molecule has 2 aliphatic rings. The summed E-state index contributed by atoms with van der Waals surface area (Å²) in [7, 11) is 2.13. The highest BCUT2D eigenvalue weighted by atomic mass is 15.2. The lowest BCUT2D eigenvalue weighted by molar-refractivity contribution is -0.646. The number of nitrogens with zero attached hydrogens (tertiary/aromatic N) is 2. The predicted molar refractivity (Wildman–Crippen MR) is 99.9 cm³/mol. The van der Waals surface area contributed by atoms with E-state index in [1.165, 1.54) is 22.3 Å². The Kier molecular flexibility index (Phi) is 3.42. The fraction of sp³-hybridized carbons (Fsp3) is 0.227. The molecule has 0 saturated heterocycles. The molecule has 120 valence electrons. The highest BCUT2D eigenvalue weighted by Gasteiger charge is 2.39. The number of aryl methyl sites for hydroxylation is 1. The molecule has 0 amide bonds. The molecule has 2 aliphatic heterocycles. The summed E-state index contributed by atoms with van der Waals surface area (Å²) in [6.45, 7) is 4.60. The molecule has 2 aromatic rings. The fourth-order valence-electron chi connectivity index (χ4n) is 3.69. The summed E-state index contributed by atoms with van der Waals surface area (Å²) in [5.41, 5.74) is 3.73. The van der Waals surface area contributed by atoms with E-state index in [0.717, 1.165) is 0 Å². The van der Waals surface area contributed by atoms with E-state index < -0.39 is 0 Å². The predicted octanol–water partition coefficient (Wildman–Crippen LogP) is 4.36. The number of pyridine rings is 1. The minimum Gasteiger partial charge on any atom is -0.338 e. The van der Waals surface area contributed by atoms with Crippen molar-refractivity contribution in [1.82, 2.24) is 4.90 Å². The molecular weight excluding hydrogens is 292 g/mol. The van der Waals surface area contributed by atoms with Gasteiger partial charge in [0.25, 0.3) is 0 Å². The van der Waals surface area contributed by atoms with Crippen LogP contribution in [0.1, 0.15) is 19.5 Å². The molecule has 1 aromatic heterocycles. The third-order valence-corrected chi connectivity index (χ3v) is 5.46. The van der Waals surface area contributed by atoms with E-state index in [0.29, 0.717) is 5.92 Å². The Balaban J connectivity index is 1.72. The number of fused-ring (bicyclic) bond motifs is 2. The van der Waals surface area contributed by atoms with Crippen LogP contribution in [0.2, 0.25) is 0 Å². The van der Waals surface area contributed by atoms with Gasteiger partial charge in [0.15, 0.2) is 0 Å². The van der Waals surface area contributed by atoms with Crippen LogP contribution in [0, 0.1) is 5.92 Å². The lowest BCUT2D eigenvalue weighted by Crippen LogP contribution is -2.41. The average molecular weight is 315 g/mol. The Morgan fingerprint density at radius 3 is 2.83 bits per heavy atom. The Bertz CT molecular complexity index is 917. The van der Waals surface area contributed by atoms with Gasteiger partial charge in [0.05, 0.1) is 5.54 Å². The molecule has 0 N–H and O–H groups in total. The highest BCUT2D eigenvalue weighted by Crippen LogP contribution is 2.40. The van der Waals surface area contributed by atoms with Gasteiger partial charge in [-0.2, -0.15) is 4.57 Å². The van der Waals surface area contributed by atoms with Crippen LogP contribution in [0.3, 0.4) is 0 Å². The first kappa shape index (κ1) is 14.9. The molecule has 0 radical (unpaired) electrons. The number of aromatic nitrogens is 1. The number of allylic oxidation sites excluding steroid dienone is 3. The van der Waals surface area contributed by atoms with Crippen molar-refractivity contribution in [2.24, 2.45) is 13.0 Å². The fourth-order valence-corrected chi connectivity index (χ4v) is 3.69. The van der Waals surface area contributed by atoms with Crippen LogP contribution in [0.4, 0.5) is 0 Å². The van der Waals surface area contributed by atoms with Gasteiger partial charge < -0.3 is 4.90 Å². The molecule has 0 spiro atoms. The molecule has 0 aliphatic carbocycles. The van der Waals surface area contributed by atoms with Crippen LogP contribution >= 0.6 is 0 Å². The average Bonchev–Trinajstić information content (AvgIpc) is 2.86. The smallest absolute Gasteiger partial charge is 0.212 e. The summed E-state index contributed by atoms with van der Waals surface area (Å²) in [5.74, 6) is 0.460. The molecule has 4 rings (SSSR count). The van der Waals surface area contributed by atoms with Crippen molar-refractivity contribution in [2.45, 2.75) is 19.4 Å². The standard InChI is InChI=1S/C22H23N2/c1-17-16-20-9-6-7-15-24(20)22(17,2)14-13-19-12-11-18-8-4-5-10-21(18)23(19)3/h4-17H,1-3H3/q+1. The lowest BCUT2D eigenvalue weighted by atomic mass is 9.88. The first-order valence-electron chi connectivity index (χ1n) is 8.53. The van der Waals surface area contributed by atoms with Gasteiger partial charge in [-0.25, -0.2) is 0 Å². The summed E-state index contributed by atoms with van der Waals surface area (Å²) in [6, 6.07) is 12.9. The van der Waals surface area contributed by atoms with Crippen molar-refractivity contribution in [1.29, 1.82) is 0 Å². The summed E-state index contributed by atoms with van der Waals surface area (Å²) < 4.78 is 2.26. The van der Waals surface area contributed by atoms with Crippen molar-refractivity contribution < 1.29 is 4.57 Å². The van der Waals surface area contributed by atoms with Crippen LogP contribution in [0.5, 0.6) is 0 Å². The second kappa shape index (κ2) is 5.48. The number of hydrogen-bond acceptors (Lipinski definition) is 1. The molecular formula is C22H23N2+. The molecule has 2 atom stereocenters. The molecule has 24 heavy (non-hydrogen) atoms. The van der Waals surface area contributed by atoms with Crippen LogP contribution in [-0.4, -0.2) is 10.4 Å². The number of rotatable bonds is 2. The highest BCUT2D eigenvalue weighted by molar-refractivity contribution is 5.76. The SMILES string of the molecule is CC1C=C2C=CC=CN2C1(C)C=Cc1ccc2ccccc2[n+]1C. The second-order valence-corrected chi connectivity index (χ2v) is 6.89. The zero-order chi connectivity index (χ0) is 16.7. The quantitative estimate of drug-likeness (QED) is 0.747. The minimum absolute atomic E-state index is 0.0325. The van der Waals surface area contributed by atoms with Crippen molar-refractivity contribution in [3.63, 3.8) is 0 Å². The second-order valence-electron chi connectivity index (χ2n) is 6.89. The van der Waals surface area contributed by atoms with Gasteiger partial charge in [0, 0.05) is 41.4 Å². The Morgan fingerprint density at radius 2 is 1.96 bits per heavy atom. The molecule has 2 heteroatoms. The lowest BCUT2D eigenvalue weighted by Gasteiger charge is -2.37. The molecule has 3 heterocycles. The van der Waals surface area contributed by atoms with Gasteiger partial charge in [-0.05, 0) is 31.2 Å². The van der Waals surface area contributed by atoms with Gasteiger partial charge >= 0.3 is 0 Å². The van der Waals surface area contributed by atoms with E-state index >= 15 is 0 Å². The van der Waals surface area contributed by atoms with Gasteiger partial charge in [-0.15, -0.1) is 0 Å². The van der Waals surface area contributed by atoms with Crippen molar-refractivity contribution in [2.75, 3.05) is 0 Å². The maximum Gasteiger partial charge on any atom is 0.212 e. The summed E-state index contributed by atoms with van der Waals surface area (Å²) >= 11 is 0. The van der Waals surface area contributed by atoms with Crippen molar-refractivity contribution in [3.8, 4) is 0 Å². The van der Waals surface area contributed by atoms with E-state index in [1.54, 1.807) is 0 Å². The largest absolute Gasteiger partial charge is 0.338 e. The van der Waals surface area contributed by atoms with Crippen LogP contribution in [0.15, 0.2) is 78.7 Å². The summed E-state index contributed by atoms with van der Waals surface area (Å²) in [4.78, 5) is 2.37. The topological polar surface area (TPSA) is 7.12 Å². The van der Waals surface area contributed by atoms with Crippen LogP contribution in [0.25, 0.3) is 17.0 Å². The molecule has 0 bridgehead atoms. The molecule has 1 aromatic carbocycles. The number of benzene rings is 1. The van der Waals surface area contributed by atoms with E-state index in [-0.39, 0.29) is 5.54 Å². The monoisotopic (exact) mass is 315 g/mol. The third kappa shape index (κ3) is 2.22. The van der Waals surface area contributed by atoms with Crippen molar-refractivity contribution >= 4 is 17.0 Å². The van der Waals surface area contributed by atoms with E-state index in [4.69, 9.17) is 0 Å². The maximum absolute atomic E-state index is 2.37. The Labute approximate surface area is 143 Å². The minimum atomic E-state index is -0.0325. The number of para-hydroxylation sites is 1. The van der Waals surface area contributed by atoms with Gasteiger partial charge in [0.2, 0.25) is 11.2 Å². The molecule has 0 fully saturated rings. The van der Waals surface area contributed by atoms with Crippen LogP contribution in [-0.2, 0) is 7.05 Å². The van der Waals surface area contributed by atoms with Gasteiger partial charge in [-0.3, -0.25) is 0 Å². The van der Waals surface area contributed by atoms with Crippen LogP contribution < -0.4 is 4.57 Å². The normalized spacial score (nSPS) is 25.5. The first-order valence-corrected chi connectivity index (χ1v) is 8.53. The van der Waals surface area contributed by atoms with E-state index in [9.17, 15) is 0 Å². The summed E-state index contributed by atoms with van der Waals surface area (Å²) in [6.07, 6.45) is 15.5. The van der Waals surface area contributed by atoms with E-state index in [1.807, 2.05) is 0 Å². The van der Waals surface area contributed by atoms with Gasteiger partial charge in [0.1, 0.15) is 7.05 Å². The molecule has 2 unspecified atom stereocenters. The zero-order valence-corrected chi connectivity index (χ0v) is 14.5. The van der Waals surface area contributed by atoms with Gasteiger partial charge in [-0.1, -0.05) is 37.3 Å². The summed E-state index contributed by atoms with van der Waals surface area (Å²) in [5, 5.41) is 1.27.